The van der Waals surface area contributed by atoms with Crippen molar-refractivity contribution < 1.29 is 86.0 Å². The van der Waals surface area contributed by atoms with Crippen molar-refractivity contribution in [2.24, 2.45) is 0 Å². The van der Waals surface area contributed by atoms with Crippen molar-refractivity contribution in [1.29, 1.82) is 0 Å². The number of rotatable bonds is 27. The summed E-state index contributed by atoms with van der Waals surface area (Å²) in [7, 11) is -30.6. The lowest BCUT2D eigenvalue weighted by atomic mass is 11.3. The smallest absolute Gasteiger partial charge is 0.420 e. The van der Waals surface area contributed by atoms with Crippen molar-refractivity contribution in [2.75, 3.05) is 7.11 Å². The molecule has 19 nitrogen and oxygen atoms in total. The highest BCUT2D eigenvalue weighted by molar-refractivity contribution is 8.15. The van der Waals surface area contributed by atoms with E-state index >= 15 is 0 Å². The molecule has 0 aliphatic rings. The van der Waals surface area contributed by atoms with Gasteiger partial charge in [-0.1, -0.05) is 5.70 Å². The molecule has 39 heteroatoms. The van der Waals surface area contributed by atoms with Crippen molar-refractivity contribution in [3.8, 4) is 0 Å². The summed E-state index contributed by atoms with van der Waals surface area (Å²) in [5.74, 6) is 0. The maximum atomic E-state index is 11.7. The Hall–Kier alpha value is 3.32. The van der Waals surface area contributed by atoms with Crippen LogP contribution < -0.4 is 0 Å². The van der Waals surface area contributed by atoms with Crippen LogP contribution >= 0.6 is 0 Å². The highest BCUT2D eigenvalue weighted by atomic mass is 30.4. The van der Waals surface area contributed by atoms with Crippen LogP contribution in [0.3, 0.4) is 0 Å². The van der Waals surface area contributed by atoms with Crippen LogP contribution in [0, 0.1) is 0 Å². The monoisotopic (exact) mass is 1010 g/mol. The topological polar surface area (TPSA) is 296 Å². The fourth-order valence-electron chi connectivity index (χ4n) is 4.29. The van der Waals surface area contributed by atoms with E-state index in [1.807, 2.05) is 0 Å². The summed E-state index contributed by atoms with van der Waals surface area (Å²) in [5, 5.41) is 0. The van der Waals surface area contributed by atoms with Gasteiger partial charge in [-0.15, -0.1) is 6.58 Å². The molecule has 23 radical (unpaired) electrons. The van der Waals surface area contributed by atoms with E-state index in [0.29, 0.717) is 0 Å². The third-order valence-electron chi connectivity index (χ3n) is 5.97. The lowest BCUT2D eigenvalue weighted by Crippen LogP contribution is -3.06. The highest BCUT2D eigenvalue weighted by Gasteiger charge is 2.91. The predicted octanol–water partition coefficient (Wildman–Crippen LogP) is -9.94. The molecule has 0 aromatic rings. The quantitative estimate of drug-likeness (QED) is 0.0341. The number of hydrogen-bond acceptors (Lipinski definition) is 19. The SMILES string of the molecule is C=C[Si](C)(C)O[Si](C)(C)O[Si](O[Si](O[Si]O)([Si]O)[Si]O)([Si](O[Si]O)([Si]O)[Si]O)[Si](O[Si](C)(C)O)([Si]([Si])(OC)[Si]O)[Si](O[Si]O)([Si]O)[Si]O. The third-order valence-corrected chi connectivity index (χ3v) is 149. The highest BCUT2D eigenvalue weighted by Crippen LogP contribution is 2.45. The van der Waals surface area contributed by atoms with Gasteiger partial charge in [0.1, 0.15) is 0 Å². The Morgan fingerprint density at radius 3 is 1.33 bits per heavy atom. The standard InChI is InChI=1S/C9H35O19Si20/c1-9-40(3,4)25-42(7,8)27-44(46(36-16,37-17)23-31-11,28-43(33-13,34-14)22-30-10)48(26-41(5,6)20,45(29,21-2)35-15)47(38-18,39-19)24-32-12/h9-20H,1H2,2-8H3. The summed E-state index contributed by atoms with van der Waals surface area (Å²) in [4.78, 5) is 121. The lowest BCUT2D eigenvalue weighted by Gasteiger charge is -2.63. The summed E-state index contributed by atoms with van der Waals surface area (Å²) in [5.41, 5.74) is 1.59. The Morgan fingerprint density at radius 1 is 0.583 bits per heavy atom. The average Bonchev–Trinajstić information content (AvgIpc) is 3.02. The van der Waals surface area contributed by atoms with E-state index in [1.165, 1.54) is 13.1 Å². The largest absolute Gasteiger partial charge is 0.435 e. The van der Waals surface area contributed by atoms with Gasteiger partial charge < -0.3 is 86.0 Å². The van der Waals surface area contributed by atoms with Gasteiger partial charge in [-0.05, 0) is 39.3 Å². The third kappa shape index (κ3) is 11.0. The van der Waals surface area contributed by atoms with Gasteiger partial charge in [0, 0.05) is 16.9 Å². The van der Waals surface area contributed by atoms with Crippen molar-refractivity contribution in [3.05, 3.63) is 12.3 Å². The first-order valence-electron chi connectivity index (χ1n) is 12.6. The van der Waals surface area contributed by atoms with E-state index < -0.39 is 163 Å². The van der Waals surface area contributed by atoms with Crippen molar-refractivity contribution in [2.45, 2.75) is 39.3 Å². The van der Waals surface area contributed by atoms with Gasteiger partial charge in [0.2, 0.25) is 60.1 Å². The van der Waals surface area contributed by atoms with Crippen LogP contribution in [-0.2, 0) is 33.2 Å². The van der Waals surface area contributed by atoms with Gasteiger partial charge >= 0.3 is 62.3 Å². The first-order valence-corrected chi connectivity index (χ1v) is 54.2. The van der Waals surface area contributed by atoms with Crippen molar-refractivity contribution >= 4 is 173 Å². The Morgan fingerprint density at radius 2 is 1.02 bits per heavy atom. The second-order valence-electron chi connectivity index (χ2n) is 10.6. The zero-order valence-corrected chi connectivity index (χ0v) is 46.5. The Balaban J connectivity index is 9.69. The average molecular weight is 1010 g/mol. The van der Waals surface area contributed by atoms with E-state index in [1.54, 1.807) is 31.9 Å². The van der Waals surface area contributed by atoms with Crippen molar-refractivity contribution in [1.82, 2.24) is 0 Å². The van der Waals surface area contributed by atoms with Gasteiger partial charge in [-0.3, -0.25) is 0 Å². The van der Waals surface area contributed by atoms with E-state index in [9.17, 15) is 52.8 Å². The summed E-state index contributed by atoms with van der Waals surface area (Å²) in [6.45, 7) is -6.48. The molecule has 0 aromatic carbocycles. The Bertz CT molecular complexity index is 963. The van der Waals surface area contributed by atoms with Crippen LogP contribution in [0.1, 0.15) is 0 Å². The minimum absolute atomic E-state index is 1.14. The number of hydrogen-bond donors (Lipinski definition) is 11. The van der Waals surface area contributed by atoms with E-state index in [2.05, 4.69) is 16.3 Å². The van der Waals surface area contributed by atoms with Gasteiger partial charge in [0.15, 0.2) is 8.32 Å². The molecule has 11 N–H and O–H groups in total. The molecule has 0 heterocycles. The first kappa shape index (κ1) is 51.3. The van der Waals surface area contributed by atoms with Gasteiger partial charge in [0.25, 0.3) is 32.3 Å². The molecule has 3 unspecified atom stereocenters. The molecule has 0 spiro atoms. The predicted molar refractivity (Wildman–Crippen MR) is 199 cm³/mol. The molecule has 0 saturated heterocycles. The summed E-state index contributed by atoms with van der Waals surface area (Å²) >= 11 is 0. The molecule has 3 atom stereocenters. The molecular weight excluding hydrogens is 974 g/mol. The molecule has 0 aliphatic heterocycles. The molecule has 0 rings (SSSR count). The van der Waals surface area contributed by atoms with Crippen molar-refractivity contribution in [3.63, 3.8) is 0 Å². The van der Waals surface area contributed by atoms with Crippen LogP contribution in [0.25, 0.3) is 0 Å². The molecular formula is C9H35O19Si20. The van der Waals surface area contributed by atoms with E-state index in [0.717, 1.165) is 7.11 Å². The maximum absolute atomic E-state index is 11.7. The second-order valence-corrected chi connectivity index (χ2v) is 95.0. The first-order chi connectivity index (χ1) is 22.1. The Labute approximate surface area is 315 Å². The van der Waals surface area contributed by atoms with Crippen LogP contribution in [-0.4, -0.2) is 233 Å². The summed E-state index contributed by atoms with van der Waals surface area (Å²) < 4.78 is 50.8. The Kier molecular flexibility index (Phi) is 22.5. The summed E-state index contributed by atoms with van der Waals surface area (Å²) in [6, 6.07) is 0. The fraction of sp³-hybridized carbons (Fsp3) is 0.778. The second kappa shape index (κ2) is 21.0. The molecule has 48 heavy (non-hydrogen) atoms. The molecule has 0 aliphatic carbocycles. The van der Waals surface area contributed by atoms with Gasteiger partial charge in [-0.25, -0.2) is 0 Å². The molecule has 0 aromatic heterocycles. The minimum Gasteiger partial charge on any atom is -0.435 e. The normalized spacial score (nSPS) is 17.9. The van der Waals surface area contributed by atoms with Gasteiger partial charge in [-0.2, -0.15) is 0 Å². The fourth-order valence-corrected chi connectivity index (χ4v) is 245. The molecule has 0 fully saturated rings. The van der Waals surface area contributed by atoms with E-state index in [4.69, 9.17) is 33.2 Å². The zero-order valence-electron chi connectivity index (χ0n) is 26.5. The lowest BCUT2D eigenvalue weighted by molar-refractivity contribution is 0.304. The zero-order chi connectivity index (χ0) is 37.9. The molecule has 265 valence electrons. The van der Waals surface area contributed by atoms with E-state index in [-0.39, 0.29) is 0 Å². The molecule has 0 saturated carbocycles. The van der Waals surface area contributed by atoms with Crippen LogP contribution in [0.5, 0.6) is 0 Å². The van der Waals surface area contributed by atoms with Crippen LogP contribution in [0.2, 0.25) is 39.3 Å². The summed E-state index contributed by atoms with van der Waals surface area (Å²) in [6.07, 6.45) is 0. The minimum atomic E-state index is -5.55. The maximum Gasteiger partial charge on any atom is 0.420 e. The molecule has 0 amide bonds. The van der Waals surface area contributed by atoms with Crippen LogP contribution in [0.15, 0.2) is 12.3 Å². The van der Waals surface area contributed by atoms with Gasteiger partial charge in [0.05, 0.1) is 0 Å². The van der Waals surface area contributed by atoms with Crippen LogP contribution in [0.4, 0.5) is 0 Å². The molecule has 0 bridgehead atoms.